The maximum Gasteiger partial charge on any atom is 0.435 e. The maximum atomic E-state index is 12.7. The van der Waals surface area contributed by atoms with Crippen molar-refractivity contribution in [3.05, 3.63) is 11.6 Å². The molecule has 0 aromatic carbocycles. The van der Waals surface area contributed by atoms with E-state index in [1.807, 2.05) is 13.1 Å². The van der Waals surface area contributed by atoms with E-state index in [1.54, 1.807) is 4.90 Å². The van der Waals surface area contributed by atoms with E-state index in [2.05, 4.69) is 45.1 Å². The zero-order valence-corrected chi connectivity index (χ0v) is 24.1. The van der Waals surface area contributed by atoms with Gasteiger partial charge in [-0.2, -0.15) is 0 Å². The highest BCUT2D eigenvalue weighted by molar-refractivity contribution is 5.91. The molecule has 3 saturated carbocycles. The molecule has 0 radical (unpaired) electrons. The summed E-state index contributed by atoms with van der Waals surface area (Å²) in [6.07, 6.45) is 12.6. The standard InChI is InChI=1S/C31H49N3O3/c1-20(33-37-28(36)34(6)16-13-22-18-29(2,3)19-32-22)25-9-10-26-24-8-7-21-17-23(35)11-14-30(21,4)27(24)12-15-31(25,26)5/h17,22,24-27,32H,7-16,18-19H2,1-6H3/b33-20+/t22?,24-,25+,26-,27-,30-,31+/m0/s1. The van der Waals surface area contributed by atoms with Crippen molar-refractivity contribution >= 4 is 17.6 Å². The van der Waals surface area contributed by atoms with E-state index in [0.717, 1.165) is 50.3 Å². The molecule has 5 aliphatic rings. The minimum atomic E-state index is -0.355. The van der Waals surface area contributed by atoms with Gasteiger partial charge in [0.1, 0.15) is 0 Å². The van der Waals surface area contributed by atoms with Crippen LogP contribution >= 0.6 is 0 Å². The fraction of sp³-hybridized carbons (Fsp3) is 0.839. The van der Waals surface area contributed by atoms with Crippen LogP contribution in [0.1, 0.15) is 98.8 Å². The highest BCUT2D eigenvalue weighted by Gasteiger charge is 2.59. The van der Waals surface area contributed by atoms with Crippen molar-refractivity contribution in [1.29, 1.82) is 0 Å². The molecule has 37 heavy (non-hydrogen) atoms. The maximum absolute atomic E-state index is 12.7. The first-order chi connectivity index (χ1) is 17.4. The Balaban J connectivity index is 1.19. The summed E-state index contributed by atoms with van der Waals surface area (Å²) in [4.78, 5) is 31.9. The molecule has 0 aromatic rings. The van der Waals surface area contributed by atoms with Crippen molar-refractivity contribution in [2.24, 2.45) is 45.1 Å². The van der Waals surface area contributed by atoms with Crippen molar-refractivity contribution in [1.82, 2.24) is 10.2 Å². The molecule has 1 N–H and O–H groups in total. The molecule has 1 saturated heterocycles. The number of carbonyl (C=O) groups excluding carboxylic acids is 2. The van der Waals surface area contributed by atoms with Crippen LogP contribution < -0.4 is 5.32 Å². The summed E-state index contributed by atoms with van der Waals surface area (Å²) in [6.45, 7) is 13.3. The zero-order valence-electron chi connectivity index (χ0n) is 24.1. The van der Waals surface area contributed by atoms with E-state index >= 15 is 0 Å². The number of carbonyl (C=O) groups is 2. The van der Waals surface area contributed by atoms with E-state index in [-0.39, 0.29) is 16.9 Å². The summed E-state index contributed by atoms with van der Waals surface area (Å²) in [5, 5.41) is 8.00. The molecule has 6 nitrogen and oxygen atoms in total. The lowest BCUT2D eigenvalue weighted by Gasteiger charge is -2.58. The van der Waals surface area contributed by atoms with Crippen molar-refractivity contribution in [2.75, 3.05) is 20.1 Å². The third-order valence-corrected chi connectivity index (χ3v) is 11.5. The molecule has 1 heterocycles. The Morgan fingerprint density at radius 1 is 1.11 bits per heavy atom. The molecular weight excluding hydrogens is 462 g/mol. The summed E-state index contributed by atoms with van der Waals surface area (Å²) in [5.74, 6) is 2.83. The van der Waals surface area contributed by atoms with Crippen molar-refractivity contribution in [3.63, 3.8) is 0 Å². The number of rotatable bonds is 5. The number of nitrogens with zero attached hydrogens (tertiary/aromatic N) is 2. The minimum absolute atomic E-state index is 0.212. The van der Waals surface area contributed by atoms with Gasteiger partial charge in [0, 0.05) is 38.5 Å². The van der Waals surface area contributed by atoms with E-state index < -0.39 is 0 Å². The molecule has 6 heteroatoms. The Labute approximate surface area is 224 Å². The lowest BCUT2D eigenvalue weighted by Crippen LogP contribution is -2.51. The van der Waals surface area contributed by atoms with Gasteiger partial charge in [-0.25, -0.2) is 4.79 Å². The van der Waals surface area contributed by atoms with Gasteiger partial charge in [0.15, 0.2) is 5.78 Å². The first kappa shape index (κ1) is 26.9. The van der Waals surface area contributed by atoms with Gasteiger partial charge in [-0.15, -0.1) is 0 Å². The Bertz CT molecular complexity index is 986. The van der Waals surface area contributed by atoms with Crippen molar-refractivity contribution in [3.8, 4) is 0 Å². The Morgan fingerprint density at radius 3 is 2.62 bits per heavy atom. The molecule has 0 aromatic heterocycles. The predicted octanol–water partition coefficient (Wildman–Crippen LogP) is 6.36. The molecule has 4 aliphatic carbocycles. The van der Waals surface area contributed by atoms with Crippen LogP contribution in [0.25, 0.3) is 0 Å². The molecule has 206 valence electrons. The van der Waals surface area contributed by atoms with Gasteiger partial charge in [-0.3, -0.25) is 9.63 Å². The highest BCUT2D eigenvalue weighted by atomic mass is 16.7. The smallest absolute Gasteiger partial charge is 0.313 e. The fourth-order valence-electron chi connectivity index (χ4n) is 9.37. The number of oxime groups is 1. The number of ketones is 1. The monoisotopic (exact) mass is 511 g/mol. The van der Waals surface area contributed by atoms with Gasteiger partial charge in [0.05, 0.1) is 5.71 Å². The van der Waals surface area contributed by atoms with E-state index in [4.69, 9.17) is 4.84 Å². The zero-order chi connectivity index (χ0) is 26.6. The van der Waals surface area contributed by atoms with Gasteiger partial charge in [0.25, 0.3) is 0 Å². The first-order valence-electron chi connectivity index (χ1n) is 14.9. The van der Waals surface area contributed by atoms with Gasteiger partial charge >= 0.3 is 6.09 Å². The van der Waals surface area contributed by atoms with Crippen LogP contribution in [0.2, 0.25) is 0 Å². The molecule has 4 fully saturated rings. The number of amides is 1. The topological polar surface area (TPSA) is 71.0 Å². The van der Waals surface area contributed by atoms with Gasteiger partial charge in [0.2, 0.25) is 0 Å². The summed E-state index contributed by atoms with van der Waals surface area (Å²) in [6, 6.07) is 0.462. The number of hydrogen-bond donors (Lipinski definition) is 1. The Kier molecular flexibility index (Phi) is 7.13. The number of nitrogens with one attached hydrogen (secondary N) is 1. The third kappa shape index (κ3) is 4.92. The summed E-state index contributed by atoms with van der Waals surface area (Å²) in [5.41, 5.74) is 3.18. The van der Waals surface area contributed by atoms with Crippen LogP contribution in [-0.4, -0.2) is 48.7 Å². The van der Waals surface area contributed by atoms with E-state index in [1.165, 1.54) is 31.3 Å². The fourth-order valence-corrected chi connectivity index (χ4v) is 9.37. The average molecular weight is 512 g/mol. The van der Waals surface area contributed by atoms with Gasteiger partial charge < -0.3 is 10.2 Å². The molecule has 0 spiro atoms. The summed E-state index contributed by atoms with van der Waals surface area (Å²) < 4.78 is 0. The molecular formula is C31H49N3O3. The second-order valence-electron chi connectivity index (χ2n) is 14.4. The van der Waals surface area contributed by atoms with Crippen LogP contribution in [0.5, 0.6) is 0 Å². The molecule has 7 atom stereocenters. The minimum Gasteiger partial charge on any atom is -0.313 e. The average Bonchev–Trinajstić information content (AvgIpc) is 3.39. The quantitative estimate of drug-likeness (QED) is 0.265. The Hall–Kier alpha value is -1.69. The van der Waals surface area contributed by atoms with Crippen LogP contribution in [0.15, 0.2) is 16.8 Å². The SMILES string of the molecule is C/C(=N\OC(=O)N(C)CCC1CC(C)(C)CN1)[C@H]1CC[C@H]2[C@@H]3CCC4=CC(=O)CC[C@]4(C)[C@H]3CC[C@]12C. The number of allylic oxidation sites excluding steroid dienone is 1. The van der Waals surface area contributed by atoms with Crippen LogP contribution in [0, 0.1) is 39.9 Å². The normalized spacial score (nSPS) is 40.9. The molecule has 1 unspecified atom stereocenters. The summed E-state index contributed by atoms with van der Waals surface area (Å²) in [7, 11) is 1.81. The lowest BCUT2D eigenvalue weighted by atomic mass is 9.46. The number of hydrogen-bond acceptors (Lipinski definition) is 5. The molecule has 1 amide bonds. The van der Waals surface area contributed by atoms with Crippen molar-refractivity contribution in [2.45, 2.75) is 105 Å². The first-order valence-corrected chi connectivity index (χ1v) is 14.9. The third-order valence-electron chi connectivity index (χ3n) is 11.5. The second-order valence-corrected chi connectivity index (χ2v) is 14.4. The van der Waals surface area contributed by atoms with Crippen LogP contribution in [0.3, 0.4) is 0 Å². The Morgan fingerprint density at radius 2 is 1.89 bits per heavy atom. The van der Waals surface area contributed by atoms with Gasteiger partial charge in [-0.1, -0.05) is 38.4 Å². The van der Waals surface area contributed by atoms with E-state index in [0.29, 0.717) is 48.0 Å². The molecule has 1 aliphatic heterocycles. The van der Waals surface area contributed by atoms with Crippen LogP contribution in [0.4, 0.5) is 4.79 Å². The predicted molar refractivity (Wildman–Crippen MR) is 147 cm³/mol. The van der Waals surface area contributed by atoms with E-state index in [9.17, 15) is 9.59 Å². The summed E-state index contributed by atoms with van der Waals surface area (Å²) >= 11 is 0. The highest BCUT2D eigenvalue weighted by Crippen LogP contribution is 2.66. The van der Waals surface area contributed by atoms with Crippen molar-refractivity contribution < 1.29 is 14.4 Å². The molecule has 5 rings (SSSR count). The number of fused-ring (bicyclic) bond motifs is 5. The largest absolute Gasteiger partial charge is 0.435 e. The second kappa shape index (κ2) is 9.81. The molecule has 0 bridgehead atoms. The lowest BCUT2D eigenvalue weighted by molar-refractivity contribution is -0.117. The van der Waals surface area contributed by atoms with Crippen LogP contribution in [-0.2, 0) is 9.63 Å². The van der Waals surface area contributed by atoms with Gasteiger partial charge in [-0.05, 0) is 105 Å².